The first-order chi connectivity index (χ1) is 9.74. The number of hydrogen-bond acceptors (Lipinski definition) is 4. The molecule has 0 radical (unpaired) electrons. The minimum atomic E-state index is -0.878. The van der Waals surface area contributed by atoms with Crippen LogP contribution in [0.15, 0.2) is 59.4 Å². The molecule has 0 saturated heterocycles. The van der Waals surface area contributed by atoms with Crippen LogP contribution in [0.2, 0.25) is 5.02 Å². The van der Waals surface area contributed by atoms with E-state index >= 15 is 0 Å². The van der Waals surface area contributed by atoms with E-state index in [2.05, 4.69) is 10.1 Å². The van der Waals surface area contributed by atoms with Crippen molar-refractivity contribution in [3.8, 4) is 11.3 Å². The van der Waals surface area contributed by atoms with Crippen LogP contribution >= 0.6 is 11.6 Å². The number of aliphatic hydroxyl groups excluding tert-OH is 1. The number of pyridine rings is 1. The molecule has 0 amide bonds. The van der Waals surface area contributed by atoms with Crippen LogP contribution in [0.1, 0.15) is 17.4 Å². The van der Waals surface area contributed by atoms with Crippen molar-refractivity contribution in [3.05, 3.63) is 71.2 Å². The monoisotopic (exact) mass is 286 g/mol. The molecule has 4 nitrogen and oxygen atoms in total. The van der Waals surface area contributed by atoms with Crippen molar-refractivity contribution < 1.29 is 9.63 Å². The topological polar surface area (TPSA) is 59.2 Å². The molecule has 5 heteroatoms. The average Bonchev–Trinajstić information content (AvgIpc) is 2.98. The summed E-state index contributed by atoms with van der Waals surface area (Å²) in [6.07, 6.45) is 2.36. The molecule has 0 fully saturated rings. The van der Waals surface area contributed by atoms with Gasteiger partial charge in [-0.1, -0.05) is 35.0 Å². The highest BCUT2D eigenvalue weighted by Crippen LogP contribution is 2.26. The average molecular weight is 287 g/mol. The van der Waals surface area contributed by atoms with Gasteiger partial charge in [-0.2, -0.15) is 0 Å². The van der Waals surface area contributed by atoms with Crippen molar-refractivity contribution in [3.63, 3.8) is 0 Å². The molecule has 1 atom stereocenters. The van der Waals surface area contributed by atoms with Gasteiger partial charge >= 0.3 is 0 Å². The zero-order valence-electron chi connectivity index (χ0n) is 10.4. The second kappa shape index (κ2) is 5.45. The fraction of sp³-hybridized carbons (Fsp3) is 0.0667. The molecule has 0 bridgehead atoms. The molecule has 0 spiro atoms. The predicted octanol–water partition coefficient (Wildman–Crippen LogP) is 3.47. The Labute approximate surface area is 120 Å². The standard InChI is InChI=1S/C15H11ClN2O2/c16-12-5-3-10(4-6-12)13-8-14(20-18-13)15(19)11-2-1-7-17-9-11/h1-9,15,19H. The summed E-state index contributed by atoms with van der Waals surface area (Å²) in [7, 11) is 0. The van der Waals surface area contributed by atoms with E-state index in [9.17, 15) is 5.11 Å². The SMILES string of the molecule is OC(c1cccnc1)c1cc(-c2ccc(Cl)cc2)no1. The maximum atomic E-state index is 10.2. The second-order valence-corrected chi connectivity index (χ2v) is 4.75. The Morgan fingerprint density at radius 2 is 1.95 bits per heavy atom. The number of benzene rings is 1. The Kier molecular flexibility index (Phi) is 3.50. The summed E-state index contributed by atoms with van der Waals surface area (Å²) in [5, 5.41) is 14.8. The van der Waals surface area contributed by atoms with E-state index in [1.54, 1.807) is 42.7 Å². The van der Waals surface area contributed by atoms with Crippen molar-refractivity contribution in [2.24, 2.45) is 0 Å². The van der Waals surface area contributed by atoms with E-state index in [-0.39, 0.29) is 0 Å². The molecule has 3 rings (SSSR count). The summed E-state index contributed by atoms with van der Waals surface area (Å²) in [4.78, 5) is 3.97. The van der Waals surface area contributed by atoms with Crippen LogP contribution in [-0.2, 0) is 0 Å². The second-order valence-electron chi connectivity index (χ2n) is 4.31. The number of hydrogen-bond donors (Lipinski definition) is 1. The molecule has 1 aromatic carbocycles. The highest BCUT2D eigenvalue weighted by molar-refractivity contribution is 6.30. The van der Waals surface area contributed by atoms with Gasteiger partial charge in [-0.25, -0.2) is 0 Å². The van der Waals surface area contributed by atoms with Gasteiger partial charge in [0.05, 0.1) is 0 Å². The molecule has 0 aliphatic heterocycles. The molecule has 2 aromatic heterocycles. The van der Waals surface area contributed by atoms with E-state index < -0.39 is 6.10 Å². The van der Waals surface area contributed by atoms with Gasteiger partial charge in [0.1, 0.15) is 11.8 Å². The Balaban J connectivity index is 1.89. The fourth-order valence-corrected chi connectivity index (χ4v) is 2.00. The van der Waals surface area contributed by atoms with Crippen molar-refractivity contribution in [2.45, 2.75) is 6.10 Å². The first kappa shape index (κ1) is 12.8. The largest absolute Gasteiger partial charge is 0.380 e. The normalized spacial score (nSPS) is 12.3. The molecule has 3 aromatic rings. The smallest absolute Gasteiger partial charge is 0.170 e. The number of aliphatic hydroxyl groups is 1. The van der Waals surface area contributed by atoms with Crippen LogP contribution in [0.25, 0.3) is 11.3 Å². The molecule has 1 unspecified atom stereocenters. The molecule has 0 aliphatic carbocycles. The van der Waals surface area contributed by atoms with Crippen LogP contribution in [0.5, 0.6) is 0 Å². The highest BCUT2D eigenvalue weighted by Gasteiger charge is 2.17. The molecule has 100 valence electrons. The van der Waals surface area contributed by atoms with Gasteiger partial charge in [-0.3, -0.25) is 4.98 Å². The third-order valence-corrected chi connectivity index (χ3v) is 3.19. The summed E-state index contributed by atoms with van der Waals surface area (Å²) >= 11 is 5.84. The molecule has 2 heterocycles. The van der Waals surface area contributed by atoms with Gasteiger partial charge in [0.15, 0.2) is 5.76 Å². The van der Waals surface area contributed by atoms with Gasteiger partial charge in [0.2, 0.25) is 0 Å². The van der Waals surface area contributed by atoms with Crippen molar-refractivity contribution in [1.29, 1.82) is 0 Å². The molecule has 20 heavy (non-hydrogen) atoms. The summed E-state index contributed by atoms with van der Waals surface area (Å²) in [6.45, 7) is 0. The van der Waals surface area contributed by atoms with Gasteiger partial charge < -0.3 is 9.63 Å². The highest BCUT2D eigenvalue weighted by atomic mass is 35.5. The number of aromatic nitrogens is 2. The third-order valence-electron chi connectivity index (χ3n) is 2.94. The van der Waals surface area contributed by atoms with Gasteiger partial charge in [-0.05, 0) is 18.2 Å². The number of nitrogens with zero attached hydrogens (tertiary/aromatic N) is 2. The summed E-state index contributed by atoms with van der Waals surface area (Å²) in [5.41, 5.74) is 2.19. The zero-order valence-corrected chi connectivity index (χ0v) is 11.2. The number of halogens is 1. The van der Waals surface area contributed by atoms with Crippen molar-refractivity contribution in [2.75, 3.05) is 0 Å². The minimum Gasteiger partial charge on any atom is -0.380 e. The maximum Gasteiger partial charge on any atom is 0.170 e. The third kappa shape index (κ3) is 2.57. The quantitative estimate of drug-likeness (QED) is 0.801. The Bertz CT molecular complexity index is 695. The lowest BCUT2D eigenvalue weighted by Crippen LogP contribution is -1.97. The molecule has 1 N–H and O–H groups in total. The molecular weight excluding hydrogens is 276 g/mol. The van der Waals surface area contributed by atoms with Gasteiger partial charge in [0.25, 0.3) is 0 Å². The van der Waals surface area contributed by atoms with Gasteiger partial charge in [-0.15, -0.1) is 0 Å². The van der Waals surface area contributed by atoms with E-state index in [0.29, 0.717) is 22.0 Å². The van der Waals surface area contributed by atoms with Crippen LogP contribution < -0.4 is 0 Å². The Morgan fingerprint density at radius 1 is 1.15 bits per heavy atom. The van der Waals surface area contributed by atoms with E-state index in [0.717, 1.165) is 5.56 Å². The van der Waals surface area contributed by atoms with Crippen LogP contribution in [0.3, 0.4) is 0 Å². The Hall–Kier alpha value is -2.17. The first-order valence-electron chi connectivity index (χ1n) is 6.04. The molecule has 0 saturated carbocycles. The first-order valence-corrected chi connectivity index (χ1v) is 6.42. The molecular formula is C15H11ClN2O2. The zero-order chi connectivity index (χ0) is 13.9. The van der Waals surface area contributed by atoms with Crippen molar-refractivity contribution in [1.82, 2.24) is 10.1 Å². The predicted molar refractivity (Wildman–Crippen MR) is 75.2 cm³/mol. The van der Waals surface area contributed by atoms with E-state index in [1.807, 2.05) is 12.1 Å². The van der Waals surface area contributed by atoms with E-state index in [1.165, 1.54) is 0 Å². The van der Waals surface area contributed by atoms with E-state index in [4.69, 9.17) is 16.1 Å². The van der Waals surface area contributed by atoms with Crippen LogP contribution in [-0.4, -0.2) is 15.2 Å². The molecule has 0 aliphatic rings. The van der Waals surface area contributed by atoms with Crippen LogP contribution in [0, 0.1) is 0 Å². The van der Waals surface area contributed by atoms with Gasteiger partial charge in [0, 0.05) is 34.6 Å². The fourth-order valence-electron chi connectivity index (χ4n) is 1.88. The number of rotatable bonds is 3. The van der Waals surface area contributed by atoms with Crippen LogP contribution in [0.4, 0.5) is 0 Å². The Morgan fingerprint density at radius 3 is 2.65 bits per heavy atom. The summed E-state index contributed by atoms with van der Waals surface area (Å²) in [5.74, 6) is 0.378. The summed E-state index contributed by atoms with van der Waals surface area (Å²) in [6, 6.07) is 12.5. The minimum absolute atomic E-state index is 0.378. The van der Waals surface area contributed by atoms with Crippen molar-refractivity contribution >= 4 is 11.6 Å². The lowest BCUT2D eigenvalue weighted by atomic mass is 10.1. The lowest BCUT2D eigenvalue weighted by molar-refractivity contribution is 0.176. The lowest BCUT2D eigenvalue weighted by Gasteiger charge is -2.05. The maximum absolute atomic E-state index is 10.2. The summed E-state index contributed by atoms with van der Waals surface area (Å²) < 4.78 is 5.20.